The van der Waals surface area contributed by atoms with Crippen LogP contribution in [0.15, 0.2) is 47.4 Å². The largest absolute Gasteiger partial charge is 0.293 e. The van der Waals surface area contributed by atoms with E-state index in [9.17, 15) is 17.6 Å². The highest BCUT2D eigenvalue weighted by Gasteiger charge is 2.27. The van der Waals surface area contributed by atoms with Gasteiger partial charge in [-0.25, -0.2) is 18.7 Å². The molecule has 1 amide bonds. The van der Waals surface area contributed by atoms with Crippen molar-refractivity contribution in [3.8, 4) is 0 Å². The van der Waals surface area contributed by atoms with Crippen molar-refractivity contribution in [3.05, 3.63) is 59.4 Å². The molecule has 0 aliphatic carbocycles. The Hall–Kier alpha value is -2.45. The number of halogens is 1. The quantitative estimate of drug-likeness (QED) is 0.486. The van der Waals surface area contributed by atoms with Gasteiger partial charge in [-0.1, -0.05) is 6.07 Å². The molecule has 24 heavy (non-hydrogen) atoms. The summed E-state index contributed by atoms with van der Waals surface area (Å²) in [5.74, 6) is 3.87. The lowest BCUT2D eigenvalue weighted by molar-refractivity contribution is -0.119. The minimum absolute atomic E-state index is 0.118. The molecule has 6 nitrogen and oxygen atoms in total. The van der Waals surface area contributed by atoms with Crippen molar-refractivity contribution in [2.75, 3.05) is 10.8 Å². The first-order valence-electron chi connectivity index (χ1n) is 7.10. The van der Waals surface area contributed by atoms with E-state index in [0.717, 1.165) is 39.7 Å². The molecule has 0 heterocycles. The van der Waals surface area contributed by atoms with Crippen LogP contribution in [0.4, 0.5) is 10.1 Å². The molecule has 0 bridgehead atoms. The van der Waals surface area contributed by atoms with E-state index >= 15 is 0 Å². The van der Waals surface area contributed by atoms with Crippen LogP contribution in [0.5, 0.6) is 0 Å². The summed E-state index contributed by atoms with van der Waals surface area (Å²) in [7, 11) is -4.06. The predicted molar refractivity (Wildman–Crippen MR) is 89.2 cm³/mol. The fourth-order valence-electron chi connectivity index (χ4n) is 2.32. The molecule has 0 unspecified atom stereocenters. The van der Waals surface area contributed by atoms with Crippen molar-refractivity contribution in [1.82, 2.24) is 5.43 Å². The summed E-state index contributed by atoms with van der Waals surface area (Å²) in [6, 6.07) is 9.59. The van der Waals surface area contributed by atoms with Gasteiger partial charge in [0.15, 0.2) is 0 Å². The van der Waals surface area contributed by atoms with Crippen molar-refractivity contribution >= 4 is 21.6 Å². The molecular formula is C16H18FN3O3S. The molecule has 0 aliphatic heterocycles. The molecule has 0 fully saturated rings. The Labute approximate surface area is 140 Å². The van der Waals surface area contributed by atoms with E-state index in [1.807, 2.05) is 25.3 Å². The molecule has 8 heteroatoms. The number of nitrogens with zero attached hydrogens (tertiary/aromatic N) is 1. The van der Waals surface area contributed by atoms with Gasteiger partial charge in [0, 0.05) is 0 Å². The second-order valence-corrected chi connectivity index (χ2v) is 7.24. The number of rotatable bonds is 5. The monoisotopic (exact) mass is 351 g/mol. The number of aryl methyl sites for hydroxylation is 2. The molecule has 2 aromatic rings. The molecule has 0 spiro atoms. The highest BCUT2D eigenvalue weighted by molar-refractivity contribution is 7.92. The number of carbonyl (C=O) groups is 1. The summed E-state index contributed by atoms with van der Waals surface area (Å²) in [5, 5.41) is 0. The topological polar surface area (TPSA) is 92.5 Å². The van der Waals surface area contributed by atoms with E-state index < -0.39 is 28.3 Å². The second-order valence-electron chi connectivity index (χ2n) is 5.38. The fraction of sp³-hybridized carbons (Fsp3) is 0.188. The Morgan fingerprint density at radius 3 is 2.17 bits per heavy atom. The fourth-order valence-corrected chi connectivity index (χ4v) is 3.72. The summed E-state index contributed by atoms with van der Waals surface area (Å²) in [5.41, 5.74) is 3.95. The number of carbonyl (C=O) groups excluding carboxylic acids is 1. The summed E-state index contributed by atoms with van der Waals surface area (Å²) in [6.45, 7) is 3.16. The van der Waals surface area contributed by atoms with Gasteiger partial charge < -0.3 is 0 Å². The normalized spacial score (nSPS) is 11.2. The Bertz CT molecular complexity index is 831. The van der Waals surface area contributed by atoms with Crippen molar-refractivity contribution in [2.24, 2.45) is 5.84 Å². The molecule has 2 rings (SSSR count). The van der Waals surface area contributed by atoms with Crippen LogP contribution in [0.25, 0.3) is 0 Å². The van der Waals surface area contributed by atoms with Gasteiger partial charge in [0.25, 0.3) is 15.9 Å². The van der Waals surface area contributed by atoms with Crippen molar-refractivity contribution in [2.45, 2.75) is 18.7 Å². The maximum Gasteiger partial charge on any atom is 0.264 e. The lowest BCUT2D eigenvalue weighted by Gasteiger charge is -2.24. The van der Waals surface area contributed by atoms with E-state index in [2.05, 4.69) is 0 Å². The molecule has 0 aromatic heterocycles. The van der Waals surface area contributed by atoms with Crippen molar-refractivity contribution in [3.63, 3.8) is 0 Å². The summed E-state index contributed by atoms with van der Waals surface area (Å²) in [6.07, 6.45) is 0. The minimum Gasteiger partial charge on any atom is -0.293 e. The number of anilines is 1. The van der Waals surface area contributed by atoms with Crippen LogP contribution in [0.3, 0.4) is 0 Å². The zero-order valence-electron chi connectivity index (χ0n) is 13.3. The molecule has 0 aliphatic rings. The third kappa shape index (κ3) is 3.90. The molecular weight excluding hydrogens is 333 g/mol. The lowest BCUT2D eigenvalue weighted by Crippen LogP contribution is -2.43. The Kier molecular flexibility index (Phi) is 5.20. The summed E-state index contributed by atoms with van der Waals surface area (Å²) in [4.78, 5) is 11.6. The van der Waals surface area contributed by atoms with Crippen molar-refractivity contribution in [1.29, 1.82) is 0 Å². The van der Waals surface area contributed by atoms with Crippen LogP contribution in [0, 0.1) is 19.7 Å². The molecule has 0 saturated carbocycles. The van der Waals surface area contributed by atoms with Gasteiger partial charge in [-0.05, 0) is 61.4 Å². The van der Waals surface area contributed by atoms with Gasteiger partial charge in [0.05, 0.1) is 10.6 Å². The Balaban J connectivity index is 2.56. The second kappa shape index (κ2) is 6.98. The molecule has 2 aromatic carbocycles. The van der Waals surface area contributed by atoms with Crippen LogP contribution in [-0.4, -0.2) is 20.9 Å². The first-order chi connectivity index (χ1) is 11.2. The summed E-state index contributed by atoms with van der Waals surface area (Å²) < 4.78 is 39.8. The number of nitrogens with one attached hydrogen (secondary N) is 1. The average molecular weight is 351 g/mol. The number of benzene rings is 2. The van der Waals surface area contributed by atoms with E-state index in [-0.39, 0.29) is 4.90 Å². The molecule has 0 atom stereocenters. The van der Waals surface area contributed by atoms with Crippen LogP contribution in [0.1, 0.15) is 11.1 Å². The third-order valence-electron chi connectivity index (χ3n) is 3.34. The average Bonchev–Trinajstić information content (AvgIpc) is 2.51. The minimum atomic E-state index is -4.06. The summed E-state index contributed by atoms with van der Waals surface area (Å²) >= 11 is 0. The Morgan fingerprint density at radius 1 is 1.12 bits per heavy atom. The molecule has 3 N–H and O–H groups in total. The van der Waals surface area contributed by atoms with Gasteiger partial charge in [-0.2, -0.15) is 0 Å². The smallest absolute Gasteiger partial charge is 0.264 e. The van der Waals surface area contributed by atoms with Gasteiger partial charge in [-0.15, -0.1) is 0 Å². The molecule has 0 radical (unpaired) electrons. The van der Waals surface area contributed by atoms with Gasteiger partial charge in [-0.3, -0.25) is 14.5 Å². The van der Waals surface area contributed by atoms with E-state index in [0.29, 0.717) is 5.69 Å². The predicted octanol–water partition coefficient (Wildman–Crippen LogP) is 1.63. The maximum absolute atomic E-state index is 13.1. The SMILES string of the molecule is Cc1cc(C)cc(N(CC(=O)NN)S(=O)(=O)c2ccc(F)cc2)c1. The lowest BCUT2D eigenvalue weighted by atomic mass is 10.1. The van der Waals surface area contributed by atoms with Crippen LogP contribution in [-0.2, 0) is 14.8 Å². The van der Waals surface area contributed by atoms with E-state index in [1.54, 1.807) is 12.1 Å². The highest BCUT2D eigenvalue weighted by Crippen LogP contribution is 2.25. The first kappa shape index (κ1) is 17.9. The number of amides is 1. The Morgan fingerprint density at radius 2 is 1.67 bits per heavy atom. The van der Waals surface area contributed by atoms with Crippen LogP contribution in [0.2, 0.25) is 0 Å². The maximum atomic E-state index is 13.1. The van der Waals surface area contributed by atoms with Gasteiger partial charge in [0.2, 0.25) is 0 Å². The third-order valence-corrected chi connectivity index (χ3v) is 5.13. The number of nitrogens with two attached hydrogens (primary N) is 1. The number of hydrogen-bond donors (Lipinski definition) is 2. The molecule has 0 saturated heterocycles. The van der Waals surface area contributed by atoms with E-state index in [4.69, 9.17) is 5.84 Å². The number of sulfonamides is 1. The van der Waals surface area contributed by atoms with Crippen LogP contribution >= 0.6 is 0 Å². The first-order valence-corrected chi connectivity index (χ1v) is 8.54. The number of hydrogen-bond acceptors (Lipinski definition) is 4. The van der Waals surface area contributed by atoms with Gasteiger partial charge in [0.1, 0.15) is 12.4 Å². The van der Waals surface area contributed by atoms with Gasteiger partial charge >= 0.3 is 0 Å². The van der Waals surface area contributed by atoms with Crippen LogP contribution < -0.4 is 15.6 Å². The number of hydrazine groups is 1. The molecule has 128 valence electrons. The highest BCUT2D eigenvalue weighted by atomic mass is 32.2. The zero-order valence-corrected chi connectivity index (χ0v) is 14.1. The zero-order chi connectivity index (χ0) is 17.9. The van der Waals surface area contributed by atoms with E-state index in [1.165, 1.54) is 0 Å². The standard InChI is InChI=1S/C16H18FN3O3S/c1-11-7-12(2)9-14(8-11)20(10-16(21)19-18)24(22,23)15-5-3-13(17)4-6-15/h3-9H,10,18H2,1-2H3,(H,19,21). The van der Waals surface area contributed by atoms with Crippen molar-refractivity contribution < 1.29 is 17.6 Å².